The van der Waals surface area contributed by atoms with Crippen molar-refractivity contribution in [3.63, 3.8) is 0 Å². The SMILES string of the molecule is CS(=O)(=O)C[C@H]1CCCCN1C(=O)c1cn2cccnc2n1. The summed E-state index contributed by atoms with van der Waals surface area (Å²) >= 11 is 0. The standard InChI is InChI=1S/C14H18N4O3S/c1-22(20,21)10-11-5-2-3-8-18(11)13(19)12-9-17-7-4-6-15-14(17)16-12/h4,6-7,9,11H,2-3,5,8,10H2,1H3/t11-/m1/s1. The number of carbonyl (C=O) groups is 1. The van der Waals surface area contributed by atoms with Gasteiger partial charge in [0.2, 0.25) is 5.78 Å². The van der Waals surface area contributed by atoms with Crippen LogP contribution in [0.3, 0.4) is 0 Å². The third-order valence-electron chi connectivity index (χ3n) is 3.84. The van der Waals surface area contributed by atoms with Crippen LogP contribution in [0.25, 0.3) is 5.78 Å². The van der Waals surface area contributed by atoms with Crippen molar-refractivity contribution in [1.29, 1.82) is 0 Å². The Morgan fingerprint density at radius 1 is 1.41 bits per heavy atom. The zero-order valence-corrected chi connectivity index (χ0v) is 13.2. The highest BCUT2D eigenvalue weighted by Crippen LogP contribution is 2.20. The van der Waals surface area contributed by atoms with E-state index in [2.05, 4.69) is 9.97 Å². The molecule has 1 fully saturated rings. The number of fused-ring (bicyclic) bond motifs is 1. The van der Waals surface area contributed by atoms with Crippen molar-refractivity contribution in [1.82, 2.24) is 19.3 Å². The highest BCUT2D eigenvalue weighted by atomic mass is 32.2. The Kier molecular flexibility index (Phi) is 3.86. The lowest BCUT2D eigenvalue weighted by atomic mass is 10.0. The van der Waals surface area contributed by atoms with Gasteiger partial charge in [-0.3, -0.25) is 9.20 Å². The number of imidazole rings is 1. The summed E-state index contributed by atoms with van der Waals surface area (Å²) in [6, 6.07) is 1.49. The molecule has 118 valence electrons. The van der Waals surface area contributed by atoms with Gasteiger partial charge in [0.15, 0.2) is 0 Å². The molecule has 8 heteroatoms. The molecule has 3 rings (SSSR count). The number of likely N-dealkylation sites (tertiary alicyclic amines) is 1. The second kappa shape index (κ2) is 5.68. The van der Waals surface area contributed by atoms with Crippen LogP contribution >= 0.6 is 0 Å². The van der Waals surface area contributed by atoms with Gasteiger partial charge >= 0.3 is 0 Å². The summed E-state index contributed by atoms with van der Waals surface area (Å²) < 4.78 is 24.8. The number of sulfone groups is 1. The Hall–Kier alpha value is -1.96. The van der Waals surface area contributed by atoms with E-state index in [1.807, 2.05) is 0 Å². The summed E-state index contributed by atoms with van der Waals surface area (Å²) in [5.41, 5.74) is 0.305. The van der Waals surface area contributed by atoms with E-state index in [0.717, 1.165) is 12.8 Å². The van der Waals surface area contributed by atoms with Crippen molar-refractivity contribution in [2.24, 2.45) is 0 Å². The molecule has 3 heterocycles. The van der Waals surface area contributed by atoms with Crippen LogP contribution in [-0.2, 0) is 9.84 Å². The van der Waals surface area contributed by atoms with E-state index in [0.29, 0.717) is 24.4 Å². The summed E-state index contributed by atoms with van der Waals surface area (Å²) in [7, 11) is -3.13. The third-order valence-corrected chi connectivity index (χ3v) is 4.83. The van der Waals surface area contributed by atoms with Gasteiger partial charge in [0.25, 0.3) is 5.91 Å². The van der Waals surface area contributed by atoms with E-state index < -0.39 is 9.84 Å². The van der Waals surface area contributed by atoms with Gasteiger partial charge in [-0.05, 0) is 25.3 Å². The van der Waals surface area contributed by atoms with Crippen LogP contribution in [0.2, 0.25) is 0 Å². The molecule has 1 amide bonds. The largest absolute Gasteiger partial charge is 0.333 e. The van der Waals surface area contributed by atoms with E-state index >= 15 is 0 Å². The van der Waals surface area contributed by atoms with Crippen molar-refractivity contribution < 1.29 is 13.2 Å². The quantitative estimate of drug-likeness (QED) is 0.833. The van der Waals surface area contributed by atoms with Crippen LogP contribution in [-0.4, -0.2) is 58.2 Å². The summed E-state index contributed by atoms with van der Waals surface area (Å²) in [6.45, 7) is 0.570. The molecule has 0 aromatic carbocycles. The van der Waals surface area contributed by atoms with E-state index in [4.69, 9.17) is 0 Å². The lowest BCUT2D eigenvalue weighted by Crippen LogP contribution is -2.47. The fourth-order valence-corrected chi connectivity index (χ4v) is 3.92. The van der Waals surface area contributed by atoms with Gasteiger partial charge in [-0.15, -0.1) is 0 Å². The first-order valence-corrected chi connectivity index (χ1v) is 9.28. The van der Waals surface area contributed by atoms with Crippen LogP contribution < -0.4 is 0 Å². The van der Waals surface area contributed by atoms with E-state index in [9.17, 15) is 13.2 Å². The molecule has 0 spiro atoms. The maximum Gasteiger partial charge on any atom is 0.274 e. The Bertz CT molecular complexity index is 766. The molecule has 1 aliphatic rings. The molecule has 0 radical (unpaired) electrons. The number of piperidine rings is 1. The molecule has 2 aromatic rings. The topological polar surface area (TPSA) is 84.6 Å². The van der Waals surface area contributed by atoms with Gasteiger partial charge in [-0.2, -0.15) is 0 Å². The first kappa shape index (κ1) is 15.0. The van der Waals surface area contributed by atoms with Gasteiger partial charge in [-0.1, -0.05) is 0 Å². The zero-order valence-electron chi connectivity index (χ0n) is 12.3. The smallest absolute Gasteiger partial charge is 0.274 e. The molecule has 7 nitrogen and oxygen atoms in total. The molecule has 0 unspecified atom stereocenters. The van der Waals surface area contributed by atoms with Crippen molar-refractivity contribution in [3.8, 4) is 0 Å². The predicted octanol–water partition coefficient (Wildman–Crippen LogP) is 0.769. The minimum atomic E-state index is -3.13. The number of nitrogens with zero attached hydrogens (tertiary/aromatic N) is 4. The third kappa shape index (κ3) is 3.11. The Morgan fingerprint density at radius 3 is 2.95 bits per heavy atom. The van der Waals surface area contributed by atoms with E-state index in [1.165, 1.54) is 6.26 Å². The maximum absolute atomic E-state index is 12.7. The molecular weight excluding hydrogens is 304 g/mol. The van der Waals surface area contributed by atoms with Gasteiger partial charge in [-0.25, -0.2) is 18.4 Å². The molecule has 1 aliphatic heterocycles. The van der Waals surface area contributed by atoms with E-state index in [-0.39, 0.29) is 17.7 Å². The molecular formula is C14H18N4O3S. The summed E-state index contributed by atoms with van der Waals surface area (Å²) in [5.74, 6) is 0.242. The first-order valence-electron chi connectivity index (χ1n) is 7.22. The average molecular weight is 322 g/mol. The highest BCUT2D eigenvalue weighted by Gasteiger charge is 2.31. The molecule has 2 aromatic heterocycles. The highest BCUT2D eigenvalue weighted by molar-refractivity contribution is 7.90. The predicted molar refractivity (Wildman–Crippen MR) is 81.4 cm³/mol. The normalized spacial score (nSPS) is 19.5. The van der Waals surface area contributed by atoms with Gasteiger partial charge in [0.05, 0.1) is 5.75 Å². The van der Waals surface area contributed by atoms with Crippen LogP contribution in [0, 0.1) is 0 Å². The van der Waals surface area contributed by atoms with Crippen LogP contribution in [0.5, 0.6) is 0 Å². The maximum atomic E-state index is 12.7. The van der Waals surface area contributed by atoms with Crippen LogP contribution in [0.1, 0.15) is 29.8 Å². The summed E-state index contributed by atoms with van der Waals surface area (Å²) in [5, 5.41) is 0. The minimum absolute atomic E-state index is 0.00433. The van der Waals surface area contributed by atoms with E-state index in [1.54, 1.807) is 34.0 Å². The number of hydrogen-bond acceptors (Lipinski definition) is 5. The lowest BCUT2D eigenvalue weighted by molar-refractivity contribution is 0.0634. The summed E-state index contributed by atoms with van der Waals surface area (Å²) in [6.07, 6.45) is 8.77. The average Bonchev–Trinajstić information content (AvgIpc) is 2.89. The Labute approximate surface area is 128 Å². The van der Waals surface area contributed by atoms with Crippen molar-refractivity contribution >= 4 is 21.5 Å². The zero-order chi connectivity index (χ0) is 15.7. The van der Waals surface area contributed by atoms with Crippen molar-refractivity contribution in [2.75, 3.05) is 18.6 Å². The molecule has 22 heavy (non-hydrogen) atoms. The minimum Gasteiger partial charge on any atom is -0.333 e. The molecule has 0 aliphatic carbocycles. The van der Waals surface area contributed by atoms with Crippen LogP contribution in [0.4, 0.5) is 0 Å². The molecule has 1 atom stereocenters. The number of amides is 1. The monoisotopic (exact) mass is 322 g/mol. The fraction of sp³-hybridized carbons (Fsp3) is 0.500. The van der Waals surface area contributed by atoms with Gasteiger partial charge < -0.3 is 4.90 Å². The summed E-state index contributed by atoms with van der Waals surface area (Å²) in [4.78, 5) is 22.7. The fourth-order valence-electron chi connectivity index (χ4n) is 2.87. The second-order valence-electron chi connectivity index (χ2n) is 5.69. The number of hydrogen-bond donors (Lipinski definition) is 0. The van der Waals surface area contributed by atoms with Crippen molar-refractivity contribution in [3.05, 3.63) is 30.4 Å². The first-order chi connectivity index (χ1) is 10.4. The van der Waals surface area contributed by atoms with Crippen LogP contribution in [0.15, 0.2) is 24.7 Å². The number of carbonyl (C=O) groups excluding carboxylic acids is 1. The molecule has 0 N–H and O–H groups in total. The Balaban J connectivity index is 1.88. The number of aromatic nitrogens is 3. The van der Waals surface area contributed by atoms with Gasteiger partial charge in [0.1, 0.15) is 15.5 Å². The number of rotatable bonds is 3. The van der Waals surface area contributed by atoms with Gasteiger partial charge in [0, 0.05) is 37.4 Å². The second-order valence-corrected chi connectivity index (χ2v) is 7.88. The lowest BCUT2D eigenvalue weighted by Gasteiger charge is -2.34. The molecule has 1 saturated heterocycles. The molecule has 0 saturated carbocycles. The Morgan fingerprint density at radius 2 is 2.23 bits per heavy atom. The van der Waals surface area contributed by atoms with Crippen molar-refractivity contribution in [2.45, 2.75) is 25.3 Å². The molecule has 0 bridgehead atoms.